The summed E-state index contributed by atoms with van der Waals surface area (Å²) in [6.07, 6.45) is 0.193. The second kappa shape index (κ2) is 6.40. The lowest BCUT2D eigenvalue weighted by atomic mass is 10.1. The SMILES string of the molecule is Cc1ccc(C)c(NC(=O)C2CN(S(C)(=O)=O)c3ccccc3O2)c1. The number of nitrogens with zero attached hydrogens (tertiary/aromatic N) is 1. The van der Waals surface area contributed by atoms with Crippen molar-refractivity contribution in [3.63, 3.8) is 0 Å². The molecule has 3 rings (SSSR count). The predicted octanol–water partition coefficient (Wildman–Crippen LogP) is 2.47. The molecule has 1 unspecified atom stereocenters. The summed E-state index contributed by atoms with van der Waals surface area (Å²) < 4.78 is 31.2. The van der Waals surface area contributed by atoms with Gasteiger partial charge in [0.25, 0.3) is 5.91 Å². The standard InChI is InChI=1S/C18H20N2O4S/c1-12-8-9-13(2)14(10-12)19-18(21)17-11-20(25(3,22)23)15-6-4-5-7-16(15)24-17/h4-10,17H,11H2,1-3H3,(H,19,21). The highest BCUT2D eigenvalue weighted by Gasteiger charge is 2.34. The Kier molecular flexibility index (Phi) is 4.43. The molecule has 0 bridgehead atoms. The number of benzene rings is 2. The van der Waals surface area contributed by atoms with Crippen LogP contribution in [0.25, 0.3) is 0 Å². The van der Waals surface area contributed by atoms with E-state index in [4.69, 9.17) is 4.74 Å². The lowest BCUT2D eigenvalue weighted by Crippen LogP contribution is -2.48. The zero-order chi connectivity index (χ0) is 18.2. The van der Waals surface area contributed by atoms with E-state index in [9.17, 15) is 13.2 Å². The molecule has 0 aromatic heterocycles. The third-order valence-electron chi connectivity index (χ3n) is 4.08. The number of rotatable bonds is 3. The number of carbonyl (C=O) groups is 1. The van der Waals surface area contributed by atoms with Crippen molar-refractivity contribution in [1.82, 2.24) is 0 Å². The van der Waals surface area contributed by atoms with Gasteiger partial charge in [0.05, 0.1) is 18.5 Å². The number of nitrogens with one attached hydrogen (secondary N) is 1. The summed E-state index contributed by atoms with van der Waals surface area (Å²) in [4.78, 5) is 12.7. The Hall–Kier alpha value is -2.54. The van der Waals surface area contributed by atoms with Crippen molar-refractivity contribution in [3.8, 4) is 5.75 Å². The van der Waals surface area contributed by atoms with Gasteiger partial charge in [-0.25, -0.2) is 8.42 Å². The fourth-order valence-electron chi connectivity index (χ4n) is 2.74. The third-order valence-corrected chi connectivity index (χ3v) is 5.22. The number of amides is 1. The van der Waals surface area contributed by atoms with Gasteiger partial charge in [-0.05, 0) is 43.2 Å². The lowest BCUT2D eigenvalue weighted by molar-refractivity contribution is -0.122. The van der Waals surface area contributed by atoms with E-state index in [1.54, 1.807) is 24.3 Å². The van der Waals surface area contributed by atoms with Gasteiger partial charge >= 0.3 is 0 Å². The number of hydrogen-bond donors (Lipinski definition) is 1. The largest absolute Gasteiger partial charge is 0.476 e. The molecule has 7 heteroatoms. The summed E-state index contributed by atoms with van der Waals surface area (Å²) in [5.74, 6) is -0.00265. The van der Waals surface area contributed by atoms with Gasteiger partial charge in [0, 0.05) is 5.69 Å². The van der Waals surface area contributed by atoms with Gasteiger partial charge in [0.2, 0.25) is 10.0 Å². The van der Waals surface area contributed by atoms with Crippen LogP contribution in [0.4, 0.5) is 11.4 Å². The molecule has 0 aliphatic carbocycles. The molecule has 6 nitrogen and oxygen atoms in total. The average molecular weight is 360 g/mol. The van der Waals surface area contributed by atoms with Gasteiger partial charge < -0.3 is 10.1 Å². The van der Waals surface area contributed by atoms with E-state index in [1.165, 1.54) is 4.31 Å². The van der Waals surface area contributed by atoms with Gasteiger partial charge in [-0.1, -0.05) is 24.3 Å². The Morgan fingerprint density at radius 2 is 1.92 bits per heavy atom. The van der Waals surface area contributed by atoms with Gasteiger partial charge in [-0.15, -0.1) is 0 Å². The zero-order valence-electron chi connectivity index (χ0n) is 14.3. The van der Waals surface area contributed by atoms with Crippen molar-refractivity contribution in [1.29, 1.82) is 0 Å². The Balaban J connectivity index is 1.88. The van der Waals surface area contributed by atoms with E-state index < -0.39 is 16.1 Å². The molecular formula is C18H20N2O4S. The molecule has 132 valence electrons. The number of fused-ring (bicyclic) bond motifs is 1. The van der Waals surface area contributed by atoms with Gasteiger partial charge in [-0.3, -0.25) is 9.10 Å². The minimum atomic E-state index is -3.52. The first-order chi connectivity index (χ1) is 11.8. The molecule has 1 aliphatic heterocycles. The van der Waals surface area contributed by atoms with Crippen molar-refractivity contribution < 1.29 is 17.9 Å². The summed E-state index contributed by atoms with van der Waals surface area (Å²) in [5, 5.41) is 2.84. The first-order valence-corrected chi connectivity index (χ1v) is 9.72. The number of para-hydroxylation sites is 2. The highest BCUT2D eigenvalue weighted by atomic mass is 32.2. The fraction of sp³-hybridized carbons (Fsp3) is 0.278. The molecule has 1 N–H and O–H groups in total. The van der Waals surface area contributed by atoms with Crippen LogP contribution in [0.5, 0.6) is 5.75 Å². The summed E-state index contributed by atoms with van der Waals surface area (Å²) in [6, 6.07) is 12.5. The van der Waals surface area contributed by atoms with E-state index in [0.29, 0.717) is 17.1 Å². The van der Waals surface area contributed by atoms with E-state index in [-0.39, 0.29) is 12.5 Å². The second-order valence-electron chi connectivity index (χ2n) is 6.18. The molecule has 0 spiro atoms. The van der Waals surface area contributed by atoms with Crippen molar-refractivity contribution in [2.75, 3.05) is 22.4 Å². The fourth-order valence-corrected chi connectivity index (χ4v) is 3.65. The van der Waals surface area contributed by atoms with Gasteiger partial charge in [0.15, 0.2) is 6.10 Å². The van der Waals surface area contributed by atoms with E-state index in [0.717, 1.165) is 17.4 Å². The summed E-state index contributed by atoms with van der Waals surface area (Å²) >= 11 is 0. The maximum atomic E-state index is 12.7. The molecule has 1 heterocycles. The molecule has 1 amide bonds. The molecule has 2 aromatic rings. The zero-order valence-corrected chi connectivity index (χ0v) is 15.1. The van der Waals surface area contributed by atoms with Crippen LogP contribution in [0.3, 0.4) is 0 Å². The molecule has 0 fully saturated rings. The molecule has 0 radical (unpaired) electrons. The van der Waals surface area contributed by atoms with E-state index in [2.05, 4.69) is 5.32 Å². The van der Waals surface area contributed by atoms with Crippen LogP contribution >= 0.6 is 0 Å². The van der Waals surface area contributed by atoms with E-state index >= 15 is 0 Å². The molecule has 0 saturated heterocycles. The Labute approximate surface area is 147 Å². The van der Waals surface area contributed by atoms with E-state index in [1.807, 2.05) is 32.0 Å². The topological polar surface area (TPSA) is 75.7 Å². The predicted molar refractivity (Wildman–Crippen MR) is 97.6 cm³/mol. The number of aryl methyl sites for hydroxylation is 2. The van der Waals surface area contributed by atoms with Crippen molar-refractivity contribution in [2.45, 2.75) is 20.0 Å². The van der Waals surface area contributed by atoms with Crippen molar-refractivity contribution in [3.05, 3.63) is 53.6 Å². The number of ether oxygens (including phenoxy) is 1. The number of hydrogen-bond acceptors (Lipinski definition) is 4. The number of carbonyl (C=O) groups excluding carboxylic acids is 1. The third kappa shape index (κ3) is 3.61. The normalized spacial score (nSPS) is 16.8. The molecule has 1 aliphatic rings. The van der Waals surface area contributed by atoms with Crippen LogP contribution in [-0.2, 0) is 14.8 Å². The second-order valence-corrected chi connectivity index (χ2v) is 8.08. The highest BCUT2D eigenvalue weighted by Crippen LogP contribution is 2.34. The summed E-state index contributed by atoms with van der Waals surface area (Å²) in [5.41, 5.74) is 3.09. The van der Waals surface area contributed by atoms with Crippen LogP contribution in [0.15, 0.2) is 42.5 Å². The van der Waals surface area contributed by atoms with Crippen LogP contribution in [-0.4, -0.2) is 33.2 Å². The molecule has 2 aromatic carbocycles. The molecule has 1 atom stereocenters. The minimum absolute atomic E-state index is 0.0630. The van der Waals surface area contributed by atoms with Crippen LogP contribution in [0.1, 0.15) is 11.1 Å². The monoisotopic (exact) mass is 360 g/mol. The van der Waals surface area contributed by atoms with Gasteiger partial charge in [-0.2, -0.15) is 0 Å². The quantitative estimate of drug-likeness (QED) is 0.912. The first-order valence-electron chi connectivity index (χ1n) is 7.87. The Bertz CT molecular complexity index is 924. The summed E-state index contributed by atoms with van der Waals surface area (Å²) in [6.45, 7) is 3.77. The molecule has 25 heavy (non-hydrogen) atoms. The maximum Gasteiger partial charge on any atom is 0.267 e. The summed E-state index contributed by atoms with van der Waals surface area (Å²) in [7, 11) is -3.52. The average Bonchev–Trinajstić information content (AvgIpc) is 2.56. The van der Waals surface area contributed by atoms with Gasteiger partial charge in [0.1, 0.15) is 5.75 Å². The number of anilines is 2. The van der Waals surface area contributed by atoms with Crippen molar-refractivity contribution >= 4 is 27.3 Å². The minimum Gasteiger partial charge on any atom is -0.476 e. The Morgan fingerprint density at radius 3 is 2.64 bits per heavy atom. The van der Waals surface area contributed by atoms with Crippen molar-refractivity contribution in [2.24, 2.45) is 0 Å². The highest BCUT2D eigenvalue weighted by molar-refractivity contribution is 7.92. The molecular weight excluding hydrogens is 340 g/mol. The smallest absolute Gasteiger partial charge is 0.267 e. The maximum absolute atomic E-state index is 12.7. The van der Waals surface area contributed by atoms with Crippen LogP contribution in [0.2, 0.25) is 0 Å². The van der Waals surface area contributed by atoms with Crippen LogP contribution < -0.4 is 14.4 Å². The lowest BCUT2D eigenvalue weighted by Gasteiger charge is -2.33. The Morgan fingerprint density at radius 1 is 1.20 bits per heavy atom. The van der Waals surface area contributed by atoms with Crippen LogP contribution in [0, 0.1) is 13.8 Å². The first kappa shape index (κ1) is 17.3. The number of sulfonamides is 1. The molecule has 0 saturated carbocycles.